The topological polar surface area (TPSA) is 83.5 Å². The molecule has 2 aromatic rings. The third kappa shape index (κ3) is 4.75. The number of fused-ring (bicyclic) bond motifs is 15. The van der Waals surface area contributed by atoms with Gasteiger partial charge in [0.15, 0.2) is 11.6 Å². The molecule has 0 radical (unpaired) electrons. The Balaban J connectivity index is 1.07. The molecule has 0 heterocycles. The fourth-order valence-electron chi connectivity index (χ4n) is 16.1. The maximum Gasteiger partial charge on any atom is 0.344 e. The van der Waals surface area contributed by atoms with Gasteiger partial charge in [-0.15, -0.1) is 0 Å². The fraction of sp³-hybridized carbons (Fsp3) is 0.698. The Morgan fingerprint density at radius 3 is 1.40 bits per heavy atom. The summed E-state index contributed by atoms with van der Waals surface area (Å²) >= 11 is 0. The Bertz CT molecular complexity index is 1940. The number of hydrogen-bond donors (Lipinski definition) is 0. The van der Waals surface area contributed by atoms with E-state index in [1.165, 1.54) is 69.8 Å². The Morgan fingerprint density at radius 1 is 0.566 bits per heavy atom. The van der Waals surface area contributed by atoms with Gasteiger partial charge in [0.2, 0.25) is 17.4 Å². The van der Waals surface area contributed by atoms with Crippen molar-refractivity contribution in [3.8, 4) is 5.75 Å². The van der Waals surface area contributed by atoms with Gasteiger partial charge >= 0.3 is 5.97 Å². The van der Waals surface area contributed by atoms with Crippen LogP contribution in [0.25, 0.3) is 0 Å². The van der Waals surface area contributed by atoms with E-state index in [-0.39, 0.29) is 11.8 Å². The van der Waals surface area contributed by atoms with E-state index in [1.54, 1.807) is 0 Å². The van der Waals surface area contributed by atoms with Crippen molar-refractivity contribution in [3.63, 3.8) is 0 Å². The minimum atomic E-state index is -5.91. The van der Waals surface area contributed by atoms with Crippen LogP contribution in [0.4, 0.5) is 17.6 Å². The number of halogens is 4. The van der Waals surface area contributed by atoms with E-state index in [1.807, 2.05) is 0 Å². The molecule has 15 atom stereocenters. The van der Waals surface area contributed by atoms with Gasteiger partial charge in [0.05, 0.1) is 5.56 Å². The van der Waals surface area contributed by atoms with Crippen molar-refractivity contribution in [1.82, 2.24) is 0 Å². The van der Waals surface area contributed by atoms with Crippen molar-refractivity contribution in [3.05, 3.63) is 57.7 Å². The predicted molar refractivity (Wildman–Crippen MR) is 185 cm³/mol. The summed E-state index contributed by atoms with van der Waals surface area (Å²) in [5.41, 5.74) is 3.37. The Morgan fingerprint density at radius 2 is 0.962 bits per heavy atom. The van der Waals surface area contributed by atoms with E-state index >= 15 is 8.78 Å². The van der Waals surface area contributed by atoms with Crippen molar-refractivity contribution in [2.45, 2.75) is 119 Å². The first-order chi connectivity index (χ1) is 25.5. The molecule has 5 nitrogen and oxygen atoms in total. The van der Waals surface area contributed by atoms with Crippen LogP contribution in [0.1, 0.15) is 141 Å². The molecule has 0 amide bonds. The molecule has 0 aromatic heterocycles. The molecule has 53 heavy (non-hydrogen) atoms. The quantitative estimate of drug-likeness (QED) is 0.0965. The summed E-state index contributed by atoms with van der Waals surface area (Å²) in [6.07, 6.45) is 17.7. The van der Waals surface area contributed by atoms with Crippen LogP contribution in [0.15, 0.2) is 17.0 Å². The average Bonchev–Trinajstić information content (AvgIpc) is 3.98. The minimum Gasteiger partial charge on any atom is -0.744 e. The van der Waals surface area contributed by atoms with Gasteiger partial charge in [-0.1, -0.05) is 31.4 Å². The molecular weight excluding hydrogens is 705 g/mol. The Kier molecular flexibility index (Phi) is 7.52. The zero-order chi connectivity index (χ0) is 36.2. The summed E-state index contributed by atoms with van der Waals surface area (Å²) in [5.74, 6) is -3.93. The van der Waals surface area contributed by atoms with Gasteiger partial charge in [-0.3, -0.25) is 0 Å². The lowest BCUT2D eigenvalue weighted by atomic mass is 9.67. The third-order valence-corrected chi connectivity index (χ3v) is 18.4. The van der Waals surface area contributed by atoms with Gasteiger partial charge in [-0.2, -0.15) is 8.78 Å². The van der Waals surface area contributed by atoms with Crippen molar-refractivity contribution >= 4 is 16.1 Å². The SMILES string of the molecule is O=C(Oc1c(F)c(F)c(S(=O)(=O)[O-])c(F)c1F)c1c(C2CC3CC2C2CCCC32)cc(C2CC3CC2C2CCCC32)cc1C1CC2CC1C1CCCC21. The lowest BCUT2D eigenvalue weighted by molar-refractivity contribution is 0.0710. The first kappa shape index (κ1) is 33.8. The van der Waals surface area contributed by atoms with Crippen LogP contribution in [-0.4, -0.2) is 18.9 Å². The van der Waals surface area contributed by atoms with Crippen molar-refractivity contribution in [2.24, 2.45) is 71.0 Å². The van der Waals surface area contributed by atoms with Crippen LogP contribution in [0.2, 0.25) is 0 Å². The van der Waals surface area contributed by atoms with Gasteiger partial charge < -0.3 is 9.29 Å². The third-order valence-electron chi connectivity index (χ3n) is 17.6. The van der Waals surface area contributed by atoms with Crippen LogP contribution >= 0.6 is 0 Å². The van der Waals surface area contributed by atoms with E-state index in [0.717, 1.165) is 61.0 Å². The monoisotopic (exact) mass is 751 g/mol. The Hall–Kier alpha value is -2.46. The van der Waals surface area contributed by atoms with Crippen LogP contribution in [-0.2, 0) is 10.1 Å². The number of esters is 1. The number of rotatable bonds is 6. The highest BCUT2D eigenvalue weighted by atomic mass is 32.2. The summed E-state index contributed by atoms with van der Waals surface area (Å²) in [6.45, 7) is 0. The van der Waals surface area contributed by atoms with Gasteiger partial charge in [0.25, 0.3) is 0 Å². The van der Waals surface area contributed by atoms with Crippen molar-refractivity contribution in [1.29, 1.82) is 0 Å². The lowest BCUT2D eigenvalue weighted by Gasteiger charge is -2.38. The van der Waals surface area contributed by atoms with E-state index in [2.05, 4.69) is 12.1 Å². The van der Waals surface area contributed by atoms with Gasteiger partial charge in [0, 0.05) is 0 Å². The molecular formula is C43H47F4O5S-. The Labute approximate surface area is 308 Å². The smallest absolute Gasteiger partial charge is 0.344 e. The van der Waals surface area contributed by atoms with Crippen LogP contribution in [0.5, 0.6) is 5.75 Å². The van der Waals surface area contributed by atoms with Crippen molar-refractivity contribution < 1.29 is 40.1 Å². The molecule has 0 saturated heterocycles. The summed E-state index contributed by atoms with van der Waals surface area (Å²) in [4.78, 5) is 12.5. The lowest BCUT2D eigenvalue weighted by Crippen LogP contribution is -2.29. The molecule has 0 spiro atoms. The number of benzene rings is 2. The molecule has 11 rings (SSSR count). The number of carbonyl (C=O) groups is 1. The molecule has 2 aromatic carbocycles. The normalized spacial score (nSPS) is 42.8. The van der Waals surface area contributed by atoms with Crippen LogP contribution in [0, 0.1) is 94.3 Å². The van der Waals surface area contributed by atoms with Gasteiger partial charge in [-0.25, -0.2) is 22.0 Å². The van der Waals surface area contributed by atoms with Crippen molar-refractivity contribution in [2.75, 3.05) is 0 Å². The molecule has 9 fully saturated rings. The van der Waals surface area contributed by atoms with E-state index in [9.17, 15) is 26.5 Å². The van der Waals surface area contributed by atoms with Gasteiger partial charge in [0.1, 0.15) is 15.0 Å². The molecule has 9 aliphatic rings. The first-order valence-electron chi connectivity index (χ1n) is 20.7. The molecule has 284 valence electrons. The standard InChI is InChI=1S/C43H48F4O5S/c44-37-39(46)42(53(49,50)51)40(47)38(45)41(37)52-43(48)36-34(32-14-19-12-30(32)26-8-2-5-23(19)26)16-21(28-10-18-11-29(28)25-7-1-4-22(18)25)17-35(36)33-15-20-13-31(33)27-9-3-6-24(20)27/h16-20,22-33H,1-15H2,(H,49,50,51)/p-1. The number of ether oxygens (including phenoxy) is 1. The summed E-state index contributed by atoms with van der Waals surface area (Å²) in [7, 11) is -5.91. The second-order valence-corrected chi connectivity index (χ2v) is 20.4. The molecule has 0 aliphatic heterocycles. The zero-order valence-electron chi connectivity index (χ0n) is 29.9. The van der Waals surface area contributed by atoms with Gasteiger partial charge in [-0.05, 0) is 183 Å². The maximum absolute atomic E-state index is 15.5. The van der Waals surface area contributed by atoms with E-state index in [0.29, 0.717) is 64.7 Å². The molecule has 9 saturated carbocycles. The van der Waals surface area contributed by atoms with E-state index in [4.69, 9.17) is 4.74 Å². The van der Waals surface area contributed by atoms with Crippen LogP contribution < -0.4 is 4.74 Å². The highest BCUT2D eigenvalue weighted by Crippen LogP contribution is 2.68. The van der Waals surface area contributed by atoms with E-state index < -0.39 is 50.0 Å². The minimum absolute atomic E-state index is 0.0763. The molecule has 9 aliphatic carbocycles. The average molecular weight is 752 g/mol. The molecule has 15 unspecified atom stereocenters. The number of carbonyl (C=O) groups excluding carboxylic acids is 1. The summed E-state index contributed by atoms with van der Waals surface area (Å²) in [6, 6.07) is 4.49. The first-order valence-corrected chi connectivity index (χ1v) is 22.1. The summed E-state index contributed by atoms with van der Waals surface area (Å²) < 4.78 is 101. The maximum atomic E-state index is 15.5. The molecule has 10 heteroatoms. The molecule has 6 bridgehead atoms. The molecule has 0 N–H and O–H groups in total. The largest absolute Gasteiger partial charge is 0.744 e. The highest BCUT2D eigenvalue weighted by molar-refractivity contribution is 7.85. The predicted octanol–water partition coefficient (Wildman–Crippen LogP) is 9.99. The summed E-state index contributed by atoms with van der Waals surface area (Å²) in [5, 5.41) is 0. The second kappa shape index (κ2) is 11.8. The zero-order valence-corrected chi connectivity index (χ0v) is 30.7. The highest BCUT2D eigenvalue weighted by Gasteiger charge is 2.58. The second-order valence-electron chi connectivity index (χ2n) is 19.1. The van der Waals surface area contributed by atoms with Crippen LogP contribution in [0.3, 0.4) is 0 Å². The fourth-order valence-corrected chi connectivity index (χ4v) is 16.7. The number of hydrogen-bond acceptors (Lipinski definition) is 5.